The van der Waals surface area contributed by atoms with E-state index in [0.717, 1.165) is 42.6 Å². The van der Waals surface area contributed by atoms with Crippen molar-refractivity contribution in [2.45, 2.75) is 39.2 Å². The first-order valence-corrected chi connectivity index (χ1v) is 9.23. The Hall–Kier alpha value is -3.22. The lowest BCUT2D eigenvalue weighted by molar-refractivity contribution is 0.101. The van der Waals surface area contributed by atoms with E-state index in [-0.39, 0.29) is 17.2 Å². The van der Waals surface area contributed by atoms with Gasteiger partial charge in [0.2, 0.25) is 0 Å². The maximum absolute atomic E-state index is 12.8. The lowest BCUT2D eigenvalue weighted by Gasteiger charge is -2.11. The van der Waals surface area contributed by atoms with Crippen LogP contribution >= 0.6 is 0 Å². The van der Waals surface area contributed by atoms with Crippen LogP contribution in [0.15, 0.2) is 47.3 Å². The van der Waals surface area contributed by atoms with Crippen LogP contribution in [0, 0.1) is 0 Å². The van der Waals surface area contributed by atoms with Crippen molar-refractivity contribution in [2.24, 2.45) is 0 Å². The largest absolute Gasteiger partial charge is 0.305 e. The van der Waals surface area contributed by atoms with Gasteiger partial charge < -0.3 is 5.32 Å². The molecule has 2 heterocycles. The molecule has 1 N–H and O–H groups in total. The van der Waals surface area contributed by atoms with Crippen LogP contribution in [0.2, 0.25) is 0 Å². The summed E-state index contributed by atoms with van der Waals surface area (Å²) in [5.74, 6) is 0.348. The molecule has 0 bridgehead atoms. The van der Waals surface area contributed by atoms with E-state index >= 15 is 0 Å². The Kier molecular flexibility index (Phi) is 4.58. The molecule has 7 heteroatoms. The number of anilines is 1. The molecule has 1 aliphatic rings. The van der Waals surface area contributed by atoms with Gasteiger partial charge in [0.1, 0.15) is 11.5 Å². The predicted molar refractivity (Wildman–Crippen MR) is 102 cm³/mol. The van der Waals surface area contributed by atoms with Gasteiger partial charge in [-0.2, -0.15) is 10.2 Å². The molecule has 1 aliphatic carbocycles. The van der Waals surface area contributed by atoms with Crippen LogP contribution in [0.5, 0.6) is 0 Å². The summed E-state index contributed by atoms with van der Waals surface area (Å²) in [5, 5.41) is 11.9. The second-order valence-electron chi connectivity index (χ2n) is 6.61. The maximum Gasteiger partial charge on any atom is 0.277 e. The molecule has 2 aromatic heterocycles. The van der Waals surface area contributed by atoms with Gasteiger partial charge in [-0.3, -0.25) is 9.59 Å². The highest BCUT2D eigenvalue weighted by Gasteiger charge is 2.25. The lowest BCUT2D eigenvalue weighted by Crippen LogP contribution is -2.26. The molecule has 1 aromatic carbocycles. The second kappa shape index (κ2) is 7.19. The fourth-order valence-corrected chi connectivity index (χ4v) is 3.39. The Morgan fingerprint density at radius 3 is 2.70 bits per heavy atom. The van der Waals surface area contributed by atoms with E-state index in [1.807, 2.05) is 37.3 Å². The number of aromatic nitrogens is 4. The number of rotatable bonds is 5. The standard InChI is InChI=1S/C20H21N5O2/c1-2-13-24-18(26)12-11-17(22-24)20(27)21-19-15-9-6-10-16(15)23-25(19)14-7-4-3-5-8-14/h3-5,7-8,11-12H,2,6,9-10,13H2,1H3,(H,21,27). The Balaban J connectivity index is 1.70. The van der Waals surface area contributed by atoms with Crippen molar-refractivity contribution < 1.29 is 4.79 Å². The van der Waals surface area contributed by atoms with Crippen LogP contribution in [0.4, 0.5) is 5.82 Å². The number of nitrogens with zero attached hydrogens (tertiary/aromatic N) is 4. The fourth-order valence-electron chi connectivity index (χ4n) is 3.39. The van der Waals surface area contributed by atoms with Crippen LogP contribution in [0.3, 0.4) is 0 Å². The third-order valence-electron chi connectivity index (χ3n) is 4.67. The summed E-state index contributed by atoms with van der Waals surface area (Å²) in [5.41, 5.74) is 3.01. The van der Waals surface area contributed by atoms with Gasteiger partial charge in [0.15, 0.2) is 0 Å². The SMILES string of the molecule is CCCn1nc(C(=O)Nc2c3c(nn2-c2ccccc2)CCC3)ccc1=O. The van der Waals surface area contributed by atoms with Gasteiger partial charge >= 0.3 is 0 Å². The van der Waals surface area contributed by atoms with Crippen molar-refractivity contribution in [1.82, 2.24) is 19.6 Å². The third kappa shape index (κ3) is 3.28. The number of hydrogen-bond donors (Lipinski definition) is 1. The number of carbonyl (C=O) groups excluding carboxylic acids is 1. The number of aryl methyl sites for hydroxylation is 2. The fraction of sp³-hybridized carbons (Fsp3) is 0.300. The van der Waals surface area contributed by atoms with Gasteiger partial charge in [0, 0.05) is 18.2 Å². The first-order valence-electron chi connectivity index (χ1n) is 9.23. The minimum absolute atomic E-state index is 0.205. The zero-order valence-corrected chi connectivity index (χ0v) is 15.2. The molecule has 0 saturated carbocycles. The summed E-state index contributed by atoms with van der Waals surface area (Å²) < 4.78 is 3.11. The highest BCUT2D eigenvalue weighted by Crippen LogP contribution is 2.31. The van der Waals surface area contributed by atoms with E-state index in [1.54, 1.807) is 4.68 Å². The summed E-state index contributed by atoms with van der Waals surface area (Å²) in [7, 11) is 0. The Bertz CT molecular complexity index is 1040. The molecule has 0 radical (unpaired) electrons. The van der Waals surface area contributed by atoms with Crippen LogP contribution < -0.4 is 10.9 Å². The number of carbonyl (C=O) groups is 1. The third-order valence-corrected chi connectivity index (χ3v) is 4.67. The van der Waals surface area contributed by atoms with E-state index < -0.39 is 0 Å². The molecule has 1 amide bonds. The van der Waals surface area contributed by atoms with Crippen molar-refractivity contribution in [3.63, 3.8) is 0 Å². The molecule has 0 atom stereocenters. The van der Waals surface area contributed by atoms with E-state index in [1.165, 1.54) is 16.8 Å². The number of hydrogen-bond acceptors (Lipinski definition) is 4. The average Bonchev–Trinajstić information content (AvgIpc) is 3.27. The molecule has 0 fully saturated rings. The highest BCUT2D eigenvalue weighted by atomic mass is 16.2. The Morgan fingerprint density at radius 2 is 1.93 bits per heavy atom. The van der Waals surface area contributed by atoms with Crippen molar-refractivity contribution in [1.29, 1.82) is 0 Å². The molecule has 3 aromatic rings. The van der Waals surface area contributed by atoms with Crippen LogP contribution in [-0.4, -0.2) is 25.5 Å². The first kappa shape index (κ1) is 17.2. The van der Waals surface area contributed by atoms with Gasteiger partial charge in [-0.15, -0.1) is 0 Å². The molecule has 7 nitrogen and oxygen atoms in total. The molecular formula is C20H21N5O2. The minimum Gasteiger partial charge on any atom is -0.305 e. The van der Waals surface area contributed by atoms with Crippen LogP contribution in [-0.2, 0) is 19.4 Å². The van der Waals surface area contributed by atoms with Gasteiger partial charge in [0.05, 0.1) is 11.4 Å². The molecule has 0 aliphatic heterocycles. The maximum atomic E-state index is 12.8. The second-order valence-corrected chi connectivity index (χ2v) is 6.61. The first-order chi connectivity index (χ1) is 13.2. The van der Waals surface area contributed by atoms with E-state index in [4.69, 9.17) is 5.10 Å². The lowest BCUT2D eigenvalue weighted by atomic mass is 10.2. The monoisotopic (exact) mass is 363 g/mol. The van der Waals surface area contributed by atoms with Gasteiger partial charge in [-0.05, 0) is 43.9 Å². The zero-order chi connectivity index (χ0) is 18.8. The van der Waals surface area contributed by atoms with E-state index in [2.05, 4.69) is 10.4 Å². The Labute approximate surface area is 156 Å². The number of para-hydroxylation sites is 1. The average molecular weight is 363 g/mol. The number of benzene rings is 1. The number of fused-ring (bicyclic) bond motifs is 1. The minimum atomic E-state index is -0.341. The summed E-state index contributed by atoms with van der Waals surface area (Å²) in [6, 6.07) is 12.6. The van der Waals surface area contributed by atoms with Crippen LogP contribution in [0.25, 0.3) is 5.69 Å². The molecule has 0 spiro atoms. The normalized spacial score (nSPS) is 12.8. The summed E-state index contributed by atoms with van der Waals surface area (Å²) in [4.78, 5) is 24.7. The number of nitrogens with one attached hydrogen (secondary N) is 1. The van der Waals surface area contributed by atoms with Gasteiger partial charge in [-0.1, -0.05) is 25.1 Å². The topological polar surface area (TPSA) is 81.8 Å². The smallest absolute Gasteiger partial charge is 0.277 e. The predicted octanol–water partition coefficient (Wildman–Crippen LogP) is 2.58. The van der Waals surface area contributed by atoms with E-state index in [9.17, 15) is 9.59 Å². The van der Waals surface area contributed by atoms with Crippen molar-refractivity contribution in [3.05, 3.63) is 69.8 Å². The molecular weight excluding hydrogens is 342 g/mol. The zero-order valence-electron chi connectivity index (χ0n) is 15.2. The Morgan fingerprint density at radius 1 is 1.11 bits per heavy atom. The summed E-state index contributed by atoms with van der Waals surface area (Å²) in [6.07, 6.45) is 3.61. The number of amides is 1. The quantitative estimate of drug-likeness (QED) is 0.755. The molecule has 138 valence electrons. The van der Waals surface area contributed by atoms with Crippen LogP contribution in [0.1, 0.15) is 41.5 Å². The van der Waals surface area contributed by atoms with Crippen molar-refractivity contribution in [3.8, 4) is 5.69 Å². The summed E-state index contributed by atoms with van der Waals surface area (Å²) in [6.45, 7) is 2.44. The van der Waals surface area contributed by atoms with Crippen molar-refractivity contribution >= 4 is 11.7 Å². The van der Waals surface area contributed by atoms with E-state index in [0.29, 0.717) is 12.4 Å². The van der Waals surface area contributed by atoms with Gasteiger partial charge in [-0.25, -0.2) is 9.36 Å². The highest BCUT2D eigenvalue weighted by molar-refractivity contribution is 6.02. The van der Waals surface area contributed by atoms with Gasteiger partial charge in [0.25, 0.3) is 11.5 Å². The molecule has 0 unspecified atom stereocenters. The molecule has 27 heavy (non-hydrogen) atoms. The molecule has 4 rings (SSSR count). The molecule has 0 saturated heterocycles. The van der Waals surface area contributed by atoms with Crippen molar-refractivity contribution in [2.75, 3.05) is 5.32 Å². The summed E-state index contributed by atoms with van der Waals surface area (Å²) >= 11 is 0.